The number of esters is 1. The Bertz CT molecular complexity index is 176. The number of hydrogen-bond donors (Lipinski definition) is 0. The Morgan fingerprint density at radius 2 is 1.80 bits per heavy atom. The van der Waals surface area contributed by atoms with E-state index in [2.05, 4.69) is 6.92 Å². The number of epoxide rings is 1. The summed E-state index contributed by atoms with van der Waals surface area (Å²) < 4.78 is 9.85. The monoisotopic (exact) mass is 214 g/mol. The summed E-state index contributed by atoms with van der Waals surface area (Å²) in [5.41, 5.74) is 0. The molecule has 0 bridgehead atoms. The highest BCUT2D eigenvalue weighted by atomic mass is 16.6. The third-order valence-corrected chi connectivity index (χ3v) is 2.59. The van der Waals surface area contributed by atoms with Crippen LogP contribution in [0.4, 0.5) is 0 Å². The van der Waals surface area contributed by atoms with E-state index in [0.29, 0.717) is 13.2 Å². The van der Waals surface area contributed by atoms with Gasteiger partial charge in [-0.1, -0.05) is 45.4 Å². The topological polar surface area (TPSA) is 38.8 Å². The zero-order chi connectivity index (χ0) is 10.9. The van der Waals surface area contributed by atoms with E-state index in [1.165, 1.54) is 38.5 Å². The molecule has 0 aliphatic carbocycles. The van der Waals surface area contributed by atoms with Crippen LogP contribution < -0.4 is 0 Å². The van der Waals surface area contributed by atoms with E-state index in [4.69, 9.17) is 9.47 Å². The van der Waals surface area contributed by atoms with Crippen LogP contribution in [-0.2, 0) is 14.3 Å². The van der Waals surface area contributed by atoms with Crippen molar-refractivity contribution in [2.24, 2.45) is 0 Å². The second-order valence-electron chi connectivity index (χ2n) is 4.11. The van der Waals surface area contributed by atoms with E-state index in [-0.39, 0.29) is 12.1 Å². The number of rotatable bonds is 9. The van der Waals surface area contributed by atoms with E-state index in [1.54, 1.807) is 0 Å². The molecule has 1 saturated heterocycles. The molecule has 1 heterocycles. The first-order valence-corrected chi connectivity index (χ1v) is 6.13. The number of hydrogen-bond acceptors (Lipinski definition) is 3. The van der Waals surface area contributed by atoms with Crippen molar-refractivity contribution in [1.82, 2.24) is 0 Å². The Kier molecular flexibility index (Phi) is 6.41. The van der Waals surface area contributed by atoms with Crippen LogP contribution in [0.15, 0.2) is 0 Å². The largest absolute Gasteiger partial charge is 0.464 e. The number of carbonyl (C=O) groups is 1. The second kappa shape index (κ2) is 7.69. The van der Waals surface area contributed by atoms with Crippen LogP contribution in [0.2, 0.25) is 0 Å². The van der Waals surface area contributed by atoms with Crippen molar-refractivity contribution >= 4 is 5.97 Å². The zero-order valence-corrected chi connectivity index (χ0v) is 9.67. The summed E-state index contributed by atoms with van der Waals surface area (Å²) >= 11 is 0. The molecule has 3 heteroatoms. The van der Waals surface area contributed by atoms with Crippen LogP contribution in [0, 0.1) is 0 Å². The molecule has 0 spiro atoms. The third kappa shape index (κ3) is 6.50. The van der Waals surface area contributed by atoms with Gasteiger partial charge >= 0.3 is 5.97 Å². The van der Waals surface area contributed by atoms with Crippen molar-refractivity contribution in [3.05, 3.63) is 0 Å². The number of ether oxygens (including phenoxy) is 2. The molecule has 0 amide bonds. The van der Waals surface area contributed by atoms with Crippen LogP contribution >= 0.6 is 0 Å². The molecule has 0 N–H and O–H groups in total. The predicted molar refractivity (Wildman–Crippen MR) is 58.7 cm³/mol. The predicted octanol–water partition coefficient (Wildman–Crippen LogP) is 2.68. The average Bonchev–Trinajstić information content (AvgIpc) is 3.05. The minimum absolute atomic E-state index is 0.180. The fourth-order valence-electron chi connectivity index (χ4n) is 1.51. The molecule has 1 atom stereocenters. The van der Waals surface area contributed by atoms with Gasteiger partial charge in [0.25, 0.3) is 0 Å². The molecule has 0 saturated carbocycles. The van der Waals surface area contributed by atoms with Crippen molar-refractivity contribution in [2.75, 3.05) is 13.2 Å². The molecule has 1 unspecified atom stereocenters. The van der Waals surface area contributed by atoms with E-state index in [1.807, 2.05) is 0 Å². The van der Waals surface area contributed by atoms with Gasteiger partial charge in [0, 0.05) is 0 Å². The highest BCUT2D eigenvalue weighted by Crippen LogP contribution is 2.11. The van der Waals surface area contributed by atoms with Crippen LogP contribution in [0.25, 0.3) is 0 Å². The van der Waals surface area contributed by atoms with Crippen molar-refractivity contribution in [2.45, 2.75) is 58.0 Å². The molecule has 1 aliphatic rings. The van der Waals surface area contributed by atoms with Gasteiger partial charge in [0.15, 0.2) is 6.10 Å². The Morgan fingerprint density at radius 1 is 1.20 bits per heavy atom. The lowest BCUT2D eigenvalue weighted by atomic mass is 10.1. The van der Waals surface area contributed by atoms with Gasteiger partial charge in [-0.15, -0.1) is 0 Å². The Hall–Kier alpha value is -0.570. The van der Waals surface area contributed by atoms with Crippen LogP contribution in [0.1, 0.15) is 51.9 Å². The summed E-state index contributed by atoms with van der Waals surface area (Å²) in [5.74, 6) is -0.180. The van der Waals surface area contributed by atoms with Crippen molar-refractivity contribution < 1.29 is 14.3 Å². The SMILES string of the molecule is CCCCCCCCCOC(=O)C1CO1. The van der Waals surface area contributed by atoms with Gasteiger partial charge in [0.2, 0.25) is 0 Å². The van der Waals surface area contributed by atoms with Crippen molar-refractivity contribution in [3.8, 4) is 0 Å². The molecular formula is C12H22O3. The molecule has 1 aliphatic heterocycles. The van der Waals surface area contributed by atoms with E-state index < -0.39 is 0 Å². The molecule has 0 aromatic carbocycles. The van der Waals surface area contributed by atoms with Gasteiger partial charge in [-0.3, -0.25) is 0 Å². The molecule has 3 nitrogen and oxygen atoms in total. The van der Waals surface area contributed by atoms with Gasteiger partial charge in [-0.05, 0) is 6.42 Å². The smallest absolute Gasteiger partial charge is 0.337 e. The zero-order valence-electron chi connectivity index (χ0n) is 9.67. The average molecular weight is 214 g/mol. The lowest BCUT2D eigenvalue weighted by Gasteiger charge is -2.02. The molecule has 0 aromatic heterocycles. The molecular weight excluding hydrogens is 192 g/mol. The highest BCUT2D eigenvalue weighted by Gasteiger charge is 2.32. The normalized spacial score (nSPS) is 18.9. The second-order valence-corrected chi connectivity index (χ2v) is 4.11. The Balaban J connectivity index is 1.74. The number of unbranched alkanes of at least 4 members (excludes halogenated alkanes) is 6. The number of carbonyl (C=O) groups excluding carboxylic acids is 1. The maximum atomic E-state index is 11.0. The third-order valence-electron chi connectivity index (χ3n) is 2.59. The summed E-state index contributed by atoms with van der Waals surface area (Å²) in [7, 11) is 0. The molecule has 0 aromatic rings. The first-order valence-electron chi connectivity index (χ1n) is 6.13. The first kappa shape index (κ1) is 12.5. The van der Waals surface area contributed by atoms with Crippen LogP contribution in [0.5, 0.6) is 0 Å². The van der Waals surface area contributed by atoms with Gasteiger partial charge in [0.05, 0.1) is 13.2 Å². The lowest BCUT2D eigenvalue weighted by molar-refractivity contribution is -0.145. The lowest BCUT2D eigenvalue weighted by Crippen LogP contribution is -2.12. The maximum absolute atomic E-state index is 11.0. The Labute approximate surface area is 92.1 Å². The van der Waals surface area contributed by atoms with Gasteiger partial charge in [-0.2, -0.15) is 0 Å². The molecule has 0 radical (unpaired) electrons. The molecule has 1 rings (SSSR count). The summed E-state index contributed by atoms with van der Waals surface area (Å²) in [6.45, 7) is 3.34. The molecule has 88 valence electrons. The summed E-state index contributed by atoms with van der Waals surface area (Å²) in [6, 6.07) is 0. The van der Waals surface area contributed by atoms with Gasteiger partial charge in [-0.25, -0.2) is 4.79 Å². The standard InChI is InChI=1S/C12H22O3/c1-2-3-4-5-6-7-8-9-14-12(13)11-10-15-11/h11H,2-10H2,1H3. The van der Waals surface area contributed by atoms with Gasteiger partial charge < -0.3 is 9.47 Å². The van der Waals surface area contributed by atoms with Gasteiger partial charge in [0.1, 0.15) is 0 Å². The summed E-state index contributed by atoms with van der Waals surface area (Å²) in [6.07, 6.45) is 8.46. The van der Waals surface area contributed by atoms with E-state index >= 15 is 0 Å². The van der Waals surface area contributed by atoms with Crippen molar-refractivity contribution in [3.63, 3.8) is 0 Å². The first-order chi connectivity index (χ1) is 7.34. The van der Waals surface area contributed by atoms with E-state index in [0.717, 1.165) is 6.42 Å². The highest BCUT2D eigenvalue weighted by molar-refractivity contribution is 5.76. The van der Waals surface area contributed by atoms with Crippen LogP contribution in [0.3, 0.4) is 0 Å². The van der Waals surface area contributed by atoms with E-state index in [9.17, 15) is 4.79 Å². The minimum atomic E-state index is -0.241. The maximum Gasteiger partial charge on any atom is 0.337 e. The summed E-state index contributed by atoms with van der Waals surface area (Å²) in [5, 5.41) is 0. The summed E-state index contributed by atoms with van der Waals surface area (Å²) in [4.78, 5) is 11.0. The van der Waals surface area contributed by atoms with Crippen molar-refractivity contribution in [1.29, 1.82) is 0 Å². The quantitative estimate of drug-likeness (QED) is 0.336. The fraction of sp³-hybridized carbons (Fsp3) is 0.917. The Morgan fingerprint density at radius 3 is 2.40 bits per heavy atom. The molecule has 1 fully saturated rings. The molecule has 15 heavy (non-hydrogen) atoms. The minimum Gasteiger partial charge on any atom is -0.464 e. The fourth-order valence-corrected chi connectivity index (χ4v) is 1.51. The van der Waals surface area contributed by atoms with Crippen LogP contribution in [-0.4, -0.2) is 25.3 Å².